The number of carbonyl (C=O) groups is 1. The molecule has 0 spiro atoms. The third kappa shape index (κ3) is 4.15. The lowest BCUT2D eigenvalue weighted by atomic mass is 9.89. The van der Waals surface area contributed by atoms with E-state index in [1.54, 1.807) is 6.20 Å². The highest BCUT2D eigenvalue weighted by atomic mass is 16.2. The molecular weight excluding hydrogens is 338 g/mol. The van der Waals surface area contributed by atoms with E-state index in [9.17, 15) is 4.79 Å². The van der Waals surface area contributed by atoms with Crippen LogP contribution in [0.1, 0.15) is 70.0 Å². The van der Waals surface area contributed by atoms with Crippen LogP contribution in [0.4, 0.5) is 0 Å². The van der Waals surface area contributed by atoms with E-state index in [2.05, 4.69) is 27.1 Å². The van der Waals surface area contributed by atoms with Gasteiger partial charge in [-0.3, -0.25) is 9.20 Å². The van der Waals surface area contributed by atoms with Gasteiger partial charge in [-0.05, 0) is 51.3 Å². The first-order chi connectivity index (χ1) is 13.2. The Morgan fingerprint density at radius 3 is 2.70 bits per heavy atom. The average molecular weight is 370 g/mol. The normalized spacial score (nSPS) is 21.4. The monoisotopic (exact) mass is 369 g/mol. The lowest BCUT2D eigenvalue weighted by molar-refractivity contribution is -0.127. The number of aromatic nitrogens is 3. The lowest BCUT2D eigenvalue weighted by Crippen LogP contribution is -2.45. The third-order valence-electron chi connectivity index (χ3n) is 6.33. The number of hydrogen-bond donors (Lipinski definition) is 1. The Morgan fingerprint density at radius 2 is 2.00 bits per heavy atom. The van der Waals surface area contributed by atoms with Gasteiger partial charge in [0, 0.05) is 30.6 Å². The quantitative estimate of drug-likeness (QED) is 0.878. The van der Waals surface area contributed by atoms with Crippen molar-refractivity contribution in [2.24, 2.45) is 5.92 Å². The molecule has 2 aliphatic rings. The van der Waals surface area contributed by atoms with E-state index < -0.39 is 0 Å². The van der Waals surface area contributed by atoms with Crippen LogP contribution < -0.4 is 5.32 Å². The highest BCUT2D eigenvalue weighted by molar-refractivity contribution is 5.79. The summed E-state index contributed by atoms with van der Waals surface area (Å²) in [6, 6.07) is 2.60. The summed E-state index contributed by atoms with van der Waals surface area (Å²) in [5, 5.41) is 3.25. The molecule has 6 heteroatoms. The number of fused-ring (bicyclic) bond motifs is 1. The molecule has 3 heterocycles. The molecule has 0 unspecified atom stereocenters. The summed E-state index contributed by atoms with van der Waals surface area (Å²) in [5.41, 5.74) is 0.893. The predicted octanol–water partition coefficient (Wildman–Crippen LogP) is 3.34. The molecule has 1 amide bonds. The van der Waals surface area contributed by atoms with Crippen molar-refractivity contribution >= 4 is 11.7 Å². The molecule has 4 rings (SSSR count). The van der Waals surface area contributed by atoms with Crippen molar-refractivity contribution in [2.45, 2.75) is 70.4 Å². The summed E-state index contributed by atoms with van der Waals surface area (Å²) >= 11 is 0. The first-order valence-electron chi connectivity index (χ1n) is 10.6. The lowest BCUT2D eigenvalue weighted by Gasteiger charge is -2.39. The van der Waals surface area contributed by atoms with Crippen LogP contribution in [0.25, 0.3) is 5.78 Å². The minimum atomic E-state index is -0.0458. The zero-order valence-electron chi connectivity index (χ0n) is 16.3. The van der Waals surface area contributed by atoms with Crippen molar-refractivity contribution in [3.05, 3.63) is 30.4 Å². The Bertz CT molecular complexity index is 726. The van der Waals surface area contributed by atoms with Gasteiger partial charge in [0.05, 0.1) is 11.7 Å². The van der Waals surface area contributed by atoms with Gasteiger partial charge >= 0.3 is 0 Å². The Balaban J connectivity index is 1.34. The molecule has 1 aliphatic heterocycles. The molecule has 0 aromatic carbocycles. The van der Waals surface area contributed by atoms with Crippen LogP contribution in [0.2, 0.25) is 0 Å². The molecule has 146 valence electrons. The molecule has 1 N–H and O–H groups in total. The van der Waals surface area contributed by atoms with E-state index in [4.69, 9.17) is 0 Å². The first kappa shape index (κ1) is 18.4. The zero-order valence-corrected chi connectivity index (χ0v) is 16.3. The summed E-state index contributed by atoms with van der Waals surface area (Å²) in [6.45, 7) is 4.23. The third-order valence-corrected chi connectivity index (χ3v) is 6.33. The molecule has 2 aromatic heterocycles. The Hall–Kier alpha value is -1.95. The number of rotatable bonds is 5. The highest BCUT2D eigenvalue weighted by Crippen LogP contribution is 2.27. The van der Waals surface area contributed by atoms with Crippen molar-refractivity contribution in [3.63, 3.8) is 0 Å². The number of likely N-dealkylation sites (tertiary alicyclic amines) is 1. The van der Waals surface area contributed by atoms with Crippen molar-refractivity contribution in [2.75, 3.05) is 13.1 Å². The smallest absolute Gasteiger partial charge is 0.233 e. The minimum Gasteiger partial charge on any atom is -0.347 e. The summed E-state index contributed by atoms with van der Waals surface area (Å²) < 4.78 is 1.91. The SMILES string of the molecule is CC[C@H](NC(=O)C1CCN(C2CCCCC2)CC1)c1cn2cccnc2n1. The van der Waals surface area contributed by atoms with Gasteiger partial charge in [-0.15, -0.1) is 0 Å². The van der Waals surface area contributed by atoms with E-state index in [0.717, 1.165) is 44.1 Å². The fourth-order valence-corrected chi connectivity index (χ4v) is 4.66. The number of carbonyl (C=O) groups excluding carboxylic acids is 1. The Morgan fingerprint density at radius 1 is 1.22 bits per heavy atom. The van der Waals surface area contributed by atoms with Gasteiger partial charge in [0.15, 0.2) is 0 Å². The van der Waals surface area contributed by atoms with Crippen LogP contribution in [0.15, 0.2) is 24.7 Å². The van der Waals surface area contributed by atoms with Crippen LogP contribution in [0.3, 0.4) is 0 Å². The number of nitrogens with zero attached hydrogens (tertiary/aromatic N) is 4. The molecular formula is C21H31N5O. The van der Waals surface area contributed by atoms with Gasteiger partial charge < -0.3 is 10.2 Å². The van der Waals surface area contributed by atoms with Crippen molar-refractivity contribution in [3.8, 4) is 0 Å². The number of amides is 1. The second kappa shape index (κ2) is 8.38. The number of imidazole rings is 1. The van der Waals surface area contributed by atoms with E-state index in [1.165, 1.54) is 32.1 Å². The minimum absolute atomic E-state index is 0.0458. The van der Waals surface area contributed by atoms with Crippen LogP contribution >= 0.6 is 0 Å². The summed E-state index contributed by atoms with van der Waals surface area (Å²) in [7, 11) is 0. The molecule has 27 heavy (non-hydrogen) atoms. The summed E-state index contributed by atoms with van der Waals surface area (Å²) in [6.07, 6.45) is 15.3. The van der Waals surface area contributed by atoms with E-state index in [0.29, 0.717) is 5.78 Å². The second-order valence-corrected chi connectivity index (χ2v) is 8.06. The fraction of sp³-hybridized carbons (Fsp3) is 0.667. The standard InChI is InChI=1S/C21H31N5O/c1-2-18(19-15-26-12-6-11-22-21(26)24-19)23-20(27)16-9-13-25(14-10-16)17-7-4-3-5-8-17/h6,11-12,15-18H,2-5,7-10,13-14H2,1H3,(H,23,27)/t18-/m0/s1. The second-order valence-electron chi connectivity index (χ2n) is 8.06. The van der Waals surface area contributed by atoms with Gasteiger partial charge in [-0.2, -0.15) is 0 Å². The van der Waals surface area contributed by atoms with Crippen LogP contribution in [-0.4, -0.2) is 44.3 Å². The van der Waals surface area contributed by atoms with Gasteiger partial charge in [-0.25, -0.2) is 9.97 Å². The topological polar surface area (TPSA) is 62.5 Å². The van der Waals surface area contributed by atoms with Gasteiger partial charge in [0.25, 0.3) is 0 Å². The van der Waals surface area contributed by atoms with E-state index in [-0.39, 0.29) is 17.9 Å². The summed E-state index contributed by atoms with van der Waals surface area (Å²) in [4.78, 5) is 24.4. The maximum atomic E-state index is 12.9. The largest absolute Gasteiger partial charge is 0.347 e. The van der Waals surface area contributed by atoms with Crippen LogP contribution in [0, 0.1) is 5.92 Å². The Kier molecular flexibility index (Phi) is 5.72. The molecule has 0 radical (unpaired) electrons. The van der Waals surface area contributed by atoms with Gasteiger partial charge in [0.1, 0.15) is 0 Å². The molecule has 1 atom stereocenters. The number of nitrogens with one attached hydrogen (secondary N) is 1. The average Bonchev–Trinajstić information content (AvgIpc) is 3.16. The highest BCUT2D eigenvalue weighted by Gasteiger charge is 2.30. The van der Waals surface area contributed by atoms with E-state index in [1.807, 2.05) is 22.9 Å². The van der Waals surface area contributed by atoms with Gasteiger partial charge in [-0.1, -0.05) is 26.2 Å². The van der Waals surface area contributed by atoms with Crippen molar-refractivity contribution < 1.29 is 4.79 Å². The maximum Gasteiger partial charge on any atom is 0.233 e. The molecule has 2 fully saturated rings. The first-order valence-corrected chi connectivity index (χ1v) is 10.6. The van der Waals surface area contributed by atoms with Gasteiger partial charge in [0.2, 0.25) is 11.7 Å². The molecule has 6 nitrogen and oxygen atoms in total. The zero-order chi connectivity index (χ0) is 18.6. The van der Waals surface area contributed by atoms with Crippen LogP contribution in [0.5, 0.6) is 0 Å². The molecule has 1 aliphatic carbocycles. The van der Waals surface area contributed by atoms with Crippen molar-refractivity contribution in [1.82, 2.24) is 24.6 Å². The van der Waals surface area contributed by atoms with E-state index >= 15 is 0 Å². The van der Waals surface area contributed by atoms with Crippen molar-refractivity contribution in [1.29, 1.82) is 0 Å². The predicted molar refractivity (Wildman–Crippen MR) is 105 cm³/mol. The molecule has 2 aromatic rings. The molecule has 1 saturated heterocycles. The number of piperidine rings is 1. The summed E-state index contributed by atoms with van der Waals surface area (Å²) in [5.74, 6) is 1.00. The maximum absolute atomic E-state index is 12.9. The Labute approximate surface area is 161 Å². The molecule has 0 bridgehead atoms. The number of hydrogen-bond acceptors (Lipinski definition) is 4. The fourth-order valence-electron chi connectivity index (χ4n) is 4.66. The molecule has 1 saturated carbocycles. The van der Waals surface area contributed by atoms with Crippen LogP contribution in [-0.2, 0) is 4.79 Å².